The zero-order valence-electron chi connectivity index (χ0n) is 16.3. The predicted octanol–water partition coefficient (Wildman–Crippen LogP) is 6.17. The number of nitro benzene ring substituents is 1. The first kappa shape index (κ1) is 20.0. The molecule has 1 N–H and O–H groups in total. The highest BCUT2D eigenvalue weighted by atomic mass is 35.5. The number of non-ortho nitro benzene ring substituents is 1. The van der Waals surface area contributed by atoms with Crippen LogP contribution in [0.15, 0.2) is 60.7 Å². The molecule has 1 saturated heterocycles. The molecule has 0 bridgehead atoms. The van der Waals surface area contributed by atoms with E-state index in [9.17, 15) is 10.1 Å². The predicted molar refractivity (Wildman–Crippen MR) is 118 cm³/mol. The molecule has 1 aromatic heterocycles. The molecule has 30 heavy (non-hydrogen) atoms. The van der Waals surface area contributed by atoms with Crippen LogP contribution in [-0.4, -0.2) is 23.0 Å². The average Bonchev–Trinajstić information content (AvgIpc) is 2.77. The topological polar surface area (TPSA) is 80.5 Å². The fourth-order valence-electron chi connectivity index (χ4n) is 3.39. The number of nitrogens with zero attached hydrogens (tertiary/aromatic N) is 3. The Hall–Kier alpha value is -3.32. The van der Waals surface area contributed by atoms with Crippen LogP contribution in [0.4, 0.5) is 22.9 Å². The van der Waals surface area contributed by atoms with E-state index in [4.69, 9.17) is 16.3 Å². The number of rotatable bonds is 6. The quantitative estimate of drug-likeness (QED) is 0.376. The van der Waals surface area contributed by atoms with Gasteiger partial charge in [0.2, 0.25) is 5.88 Å². The van der Waals surface area contributed by atoms with Crippen molar-refractivity contribution in [2.24, 2.45) is 0 Å². The van der Waals surface area contributed by atoms with Crippen LogP contribution in [0.1, 0.15) is 19.3 Å². The number of ether oxygens (including phenoxy) is 1. The lowest BCUT2D eigenvalue weighted by atomic mass is 10.1. The summed E-state index contributed by atoms with van der Waals surface area (Å²) in [7, 11) is 0. The van der Waals surface area contributed by atoms with E-state index in [0.29, 0.717) is 16.6 Å². The van der Waals surface area contributed by atoms with Crippen LogP contribution in [0.2, 0.25) is 5.02 Å². The SMILES string of the molecule is O=[N+]([O-])c1cccc(Oc2nc(Nc3ccc(N4CCCCC4)cc3)ccc2Cl)c1. The molecule has 0 saturated carbocycles. The second-order valence-electron chi connectivity index (χ2n) is 7.06. The van der Waals surface area contributed by atoms with Crippen LogP contribution in [0, 0.1) is 10.1 Å². The number of halogens is 1. The van der Waals surface area contributed by atoms with Gasteiger partial charge in [-0.3, -0.25) is 10.1 Å². The monoisotopic (exact) mass is 424 g/mol. The first-order chi connectivity index (χ1) is 14.6. The maximum Gasteiger partial charge on any atom is 0.273 e. The summed E-state index contributed by atoms with van der Waals surface area (Å²) < 4.78 is 5.68. The third-order valence-electron chi connectivity index (χ3n) is 4.92. The summed E-state index contributed by atoms with van der Waals surface area (Å²) in [6.45, 7) is 2.20. The Balaban J connectivity index is 1.47. The molecule has 7 nitrogen and oxygen atoms in total. The van der Waals surface area contributed by atoms with Gasteiger partial charge in [0.05, 0.1) is 11.0 Å². The number of nitro groups is 1. The molecule has 3 aromatic rings. The molecule has 2 aromatic carbocycles. The van der Waals surface area contributed by atoms with Crippen molar-refractivity contribution in [3.63, 3.8) is 0 Å². The van der Waals surface area contributed by atoms with E-state index in [-0.39, 0.29) is 11.6 Å². The Kier molecular flexibility index (Phi) is 5.99. The molecule has 0 spiro atoms. The Morgan fingerprint density at radius 1 is 1.03 bits per heavy atom. The maximum absolute atomic E-state index is 11.0. The van der Waals surface area contributed by atoms with E-state index in [1.54, 1.807) is 24.3 Å². The Morgan fingerprint density at radius 2 is 1.80 bits per heavy atom. The highest BCUT2D eigenvalue weighted by molar-refractivity contribution is 6.31. The lowest BCUT2D eigenvalue weighted by molar-refractivity contribution is -0.384. The molecule has 8 heteroatoms. The summed E-state index contributed by atoms with van der Waals surface area (Å²) in [5.74, 6) is 1.03. The normalized spacial score (nSPS) is 13.7. The molecule has 1 aliphatic rings. The Bertz CT molecular complexity index is 1040. The highest BCUT2D eigenvalue weighted by Crippen LogP contribution is 2.31. The third kappa shape index (κ3) is 4.80. The van der Waals surface area contributed by atoms with Crippen molar-refractivity contribution >= 4 is 34.5 Å². The van der Waals surface area contributed by atoms with Gasteiger partial charge in [-0.25, -0.2) is 0 Å². The van der Waals surface area contributed by atoms with Gasteiger partial charge in [-0.2, -0.15) is 4.98 Å². The molecular weight excluding hydrogens is 404 g/mol. The molecule has 0 radical (unpaired) electrons. The summed E-state index contributed by atoms with van der Waals surface area (Å²) in [6, 6.07) is 17.5. The molecule has 0 aliphatic carbocycles. The van der Waals surface area contributed by atoms with Crippen molar-refractivity contribution < 1.29 is 9.66 Å². The van der Waals surface area contributed by atoms with Crippen LogP contribution in [0.3, 0.4) is 0 Å². The Morgan fingerprint density at radius 3 is 2.53 bits per heavy atom. The molecule has 2 heterocycles. The molecule has 0 amide bonds. The first-order valence-corrected chi connectivity index (χ1v) is 10.2. The molecule has 4 rings (SSSR count). The van der Waals surface area contributed by atoms with Gasteiger partial charge in [-0.05, 0) is 61.7 Å². The van der Waals surface area contributed by atoms with E-state index >= 15 is 0 Å². The number of pyridine rings is 1. The number of nitrogens with one attached hydrogen (secondary N) is 1. The number of anilines is 3. The van der Waals surface area contributed by atoms with Gasteiger partial charge in [0.15, 0.2) is 0 Å². The van der Waals surface area contributed by atoms with Crippen LogP contribution in [0.5, 0.6) is 11.6 Å². The van der Waals surface area contributed by atoms with E-state index in [1.807, 2.05) is 12.1 Å². The van der Waals surface area contributed by atoms with Crippen molar-refractivity contribution in [2.75, 3.05) is 23.3 Å². The fourth-order valence-corrected chi connectivity index (χ4v) is 3.54. The van der Waals surface area contributed by atoms with Gasteiger partial charge < -0.3 is 15.0 Å². The lowest BCUT2D eigenvalue weighted by Crippen LogP contribution is -2.29. The van der Waals surface area contributed by atoms with Gasteiger partial charge in [0.25, 0.3) is 5.69 Å². The first-order valence-electron chi connectivity index (χ1n) is 9.79. The Labute approximate surface area is 179 Å². The van der Waals surface area contributed by atoms with Gasteiger partial charge in [-0.15, -0.1) is 0 Å². The lowest BCUT2D eigenvalue weighted by Gasteiger charge is -2.28. The summed E-state index contributed by atoms with van der Waals surface area (Å²) in [4.78, 5) is 17.3. The van der Waals surface area contributed by atoms with Gasteiger partial charge in [0, 0.05) is 30.5 Å². The van der Waals surface area contributed by atoms with E-state index < -0.39 is 4.92 Å². The van der Waals surface area contributed by atoms with Crippen LogP contribution >= 0.6 is 11.6 Å². The average molecular weight is 425 g/mol. The zero-order valence-corrected chi connectivity index (χ0v) is 17.0. The largest absolute Gasteiger partial charge is 0.437 e. The van der Waals surface area contributed by atoms with Gasteiger partial charge >= 0.3 is 0 Å². The van der Waals surface area contributed by atoms with E-state index in [1.165, 1.54) is 37.1 Å². The molecule has 0 unspecified atom stereocenters. The van der Waals surface area contributed by atoms with E-state index in [0.717, 1.165) is 18.8 Å². The minimum Gasteiger partial charge on any atom is -0.437 e. The van der Waals surface area contributed by atoms with Crippen LogP contribution < -0.4 is 15.0 Å². The van der Waals surface area contributed by atoms with Crippen LogP contribution in [0.25, 0.3) is 0 Å². The summed E-state index contributed by atoms with van der Waals surface area (Å²) >= 11 is 6.20. The third-order valence-corrected chi connectivity index (χ3v) is 5.21. The molecule has 0 atom stereocenters. The van der Waals surface area contributed by atoms with E-state index in [2.05, 4.69) is 27.3 Å². The standard InChI is InChI=1S/C22H21ClN4O3/c23-20-11-12-21(25-22(20)30-19-6-4-5-18(15-19)27(28)29)24-16-7-9-17(10-8-16)26-13-2-1-3-14-26/h4-12,15H,1-3,13-14H2,(H,24,25). The van der Waals surface area contributed by atoms with Crippen molar-refractivity contribution in [3.05, 3.63) is 75.8 Å². The smallest absolute Gasteiger partial charge is 0.273 e. The molecule has 154 valence electrons. The minimum atomic E-state index is -0.479. The number of aromatic nitrogens is 1. The van der Waals surface area contributed by atoms with Crippen molar-refractivity contribution in [3.8, 4) is 11.6 Å². The summed E-state index contributed by atoms with van der Waals surface area (Å²) in [6.07, 6.45) is 3.78. The second-order valence-corrected chi connectivity index (χ2v) is 7.47. The molecular formula is C22H21ClN4O3. The van der Waals surface area contributed by atoms with Gasteiger partial charge in [-0.1, -0.05) is 17.7 Å². The summed E-state index contributed by atoms with van der Waals surface area (Å²) in [5.41, 5.74) is 2.05. The van der Waals surface area contributed by atoms with Crippen molar-refractivity contribution in [1.82, 2.24) is 4.98 Å². The molecule has 1 aliphatic heterocycles. The molecule has 1 fully saturated rings. The number of benzene rings is 2. The van der Waals surface area contributed by atoms with Crippen LogP contribution in [-0.2, 0) is 0 Å². The highest BCUT2D eigenvalue weighted by Gasteiger charge is 2.12. The van der Waals surface area contributed by atoms with Crippen molar-refractivity contribution in [2.45, 2.75) is 19.3 Å². The second kappa shape index (κ2) is 9.00. The fraction of sp³-hybridized carbons (Fsp3) is 0.227. The summed E-state index contributed by atoms with van der Waals surface area (Å²) in [5, 5.41) is 14.5. The number of hydrogen-bond donors (Lipinski definition) is 1. The number of hydrogen-bond acceptors (Lipinski definition) is 6. The van der Waals surface area contributed by atoms with Crippen molar-refractivity contribution in [1.29, 1.82) is 0 Å². The minimum absolute atomic E-state index is 0.0632. The zero-order chi connectivity index (χ0) is 20.9. The number of piperidine rings is 1. The maximum atomic E-state index is 11.0. The van der Waals surface area contributed by atoms with Gasteiger partial charge in [0.1, 0.15) is 16.6 Å².